The van der Waals surface area contributed by atoms with Crippen molar-refractivity contribution >= 4 is 17.9 Å². The van der Waals surface area contributed by atoms with Gasteiger partial charge in [-0.1, -0.05) is 336 Å². The lowest BCUT2D eigenvalue weighted by atomic mass is 10.0. The summed E-state index contributed by atoms with van der Waals surface area (Å²) in [5, 5.41) is 9.76. The number of hydrogen-bond donors (Lipinski definition) is 1. The second-order valence-corrected chi connectivity index (χ2v) is 25.9. The molecule has 1 N–H and O–H groups in total. The van der Waals surface area contributed by atoms with Gasteiger partial charge >= 0.3 is 17.9 Å². The van der Waals surface area contributed by atoms with E-state index in [1.165, 1.54) is 212 Å². The van der Waals surface area contributed by atoms with E-state index in [1.807, 2.05) is 21.1 Å². The standard InChI is InChI=1S/C78H139NO8/c1-6-8-10-12-14-16-18-20-22-24-26-28-30-32-34-36-37-38-39-41-43-45-47-49-51-53-55-57-59-61-63-65-67-69-76(81)87-74(73-86-78(77(82)83)84-71-70-79(3,4)5)72-85-75(80)68-66-64-62-60-58-56-54-52-50-48-46-44-42-40-35-33-31-29-27-25-23-21-19-17-15-13-11-9-7-2/h8,10,14,16,20,22,26,28,32,34,37-38,41,43,74,78H,6-7,9,11-13,15,17-19,21,23-25,27,29-31,33,35-36,39-40,42,44-73H2,1-5H3/p+1/b10-8-,16-14-,22-20-,28-26-,34-32-,38-37-,43-41-. The Morgan fingerprint density at radius 3 is 0.977 bits per heavy atom. The minimum atomic E-state index is -1.51. The summed E-state index contributed by atoms with van der Waals surface area (Å²) < 4.78 is 23.0. The Hall–Kier alpha value is -3.53. The molecule has 0 spiro atoms. The van der Waals surface area contributed by atoms with E-state index >= 15 is 0 Å². The van der Waals surface area contributed by atoms with Crippen molar-refractivity contribution in [1.29, 1.82) is 0 Å². The molecule has 0 aromatic heterocycles. The minimum absolute atomic E-state index is 0.182. The smallest absolute Gasteiger partial charge is 0.361 e. The molecule has 2 atom stereocenters. The molecular weight excluding hydrogens is 1080 g/mol. The molecule has 504 valence electrons. The topological polar surface area (TPSA) is 108 Å². The highest BCUT2D eigenvalue weighted by atomic mass is 16.7. The number of carboxylic acids is 1. The summed E-state index contributed by atoms with van der Waals surface area (Å²) in [5.41, 5.74) is 0. The van der Waals surface area contributed by atoms with E-state index in [9.17, 15) is 19.5 Å². The van der Waals surface area contributed by atoms with Gasteiger partial charge < -0.3 is 28.5 Å². The van der Waals surface area contributed by atoms with Gasteiger partial charge in [-0.25, -0.2) is 4.79 Å². The molecule has 0 fully saturated rings. The molecule has 0 saturated carbocycles. The SMILES string of the molecule is CC/C=C\C/C=C\C/C=C\C/C=C\C/C=C\C/C=C\C/C=C\CCCCCCCCCCCCCC(=O)OC(COC(=O)CCCCCCCCCCCCCCCCCCCCCCCCCCCCCCC)COC(OCC[N+](C)(C)C)C(=O)O. The minimum Gasteiger partial charge on any atom is -0.477 e. The summed E-state index contributed by atoms with van der Waals surface area (Å²) in [7, 11) is 5.98. The first-order valence-electron chi connectivity index (χ1n) is 36.8. The van der Waals surface area contributed by atoms with Crippen LogP contribution in [-0.4, -0.2) is 87.4 Å². The summed E-state index contributed by atoms with van der Waals surface area (Å²) in [6.07, 6.45) is 89.9. The molecule has 0 aliphatic carbocycles. The van der Waals surface area contributed by atoms with Gasteiger partial charge in [0.15, 0.2) is 6.10 Å². The predicted octanol–water partition coefficient (Wildman–Crippen LogP) is 23.0. The third-order valence-electron chi connectivity index (χ3n) is 16.2. The van der Waals surface area contributed by atoms with E-state index in [2.05, 4.69) is 98.9 Å². The van der Waals surface area contributed by atoms with Crippen molar-refractivity contribution in [2.45, 2.75) is 347 Å². The average molecular weight is 1220 g/mol. The maximum atomic E-state index is 13.0. The monoisotopic (exact) mass is 1220 g/mol. The number of hydrogen-bond acceptors (Lipinski definition) is 7. The van der Waals surface area contributed by atoms with Gasteiger partial charge in [0, 0.05) is 12.8 Å². The molecule has 87 heavy (non-hydrogen) atoms. The number of allylic oxidation sites excluding steroid dienone is 14. The quantitative estimate of drug-likeness (QED) is 0.0211. The fraction of sp³-hybridized carbons (Fsp3) is 0.782. The molecule has 0 radical (unpaired) electrons. The van der Waals surface area contributed by atoms with Crippen molar-refractivity contribution in [2.75, 3.05) is 47.5 Å². The summed E-state index contributed by atoms with van der Waals surface area (Å²) >= 11 is 0. The Labute approximate surface area is 538 Å². The number of rotatable bonds is 68. The number of likely N-dealkylation sites (N-methyl/N-ethyl adjacent to an activating group) is 1. The van der Waals surface area contributed by atoms with Crippen LogP contribution >= 0.6 is 0 Å². The molecule has 0 aromatic carbocycles. The first kappa shape index (κ1) is 83.5. The fourth-order valence-corrected chi connectivity index (χ4v) is 10.6. The number of esters is 2. The molecule has 2 unspecified atom stereocenters. The summed E-state index contributed by atoms with van der Waals surface area (Å²) in [6, 6.07) is 0. The van der Waals surface area contributed by atoms with Crippen LogP contribution in [0.1, 0.15) is 335 Å². The van der Waals surface area contributed by atoms with E-state index in [0.29, 0.717) is 23.9 Å². The highest BCUT2D eigenvalue weighted by Gasteiger charge is 2.25. The van der Waals surface area contributed by atoms with Crippen LogP contribution in [-0.2, 0) is 33.3 Å². The summed E-state index contributed by atoms with van der Waals surface area (Å²) in [5.74, 6) is -1.99. The van der Waals surface area contributed by atoms with Crippen molar-refractivity contribution in [2.24, 2.45) is 0 Å². The Morgan fingerprint density at radius 1 is 0.356 bits per heavy atom. The molecule has 0 aliphatic heterocycles. The number of quaternary nitrogens is 1. The molecule has 0 saturated heterocycles. The molecule has 0 rings (SSSR count). The van der Waals surface area contributed by atoms with E-state index < -0.39 is 24.3 Å². The molecule has 9 nitrogen and oxygen atoms in total. The van der Waals surface area contributed by atoms with Gasteiger partial charge in [0.2, 0.25) is 0 Å². The first-order chi connectivity index (χ1) is 42.6. The second-order valence-electron chi connectivity index (χ2n) is 25.9. The fourth-order valence-electron chi connectivity index (χ4n) is 10.6. The first-order valence-corrected chi connectivity index (χ1v) is 36.8. The zero-order valence-electron chi connectivity index (χ0n) is 57.7. The van der Waals surface area contributed by atoms with Crippen molar-refractivity contribution in [3.63, 3.8) is 0 Å². The van der Waals surface area contributed by atoms with Gasteiger partial charge in [0.25, 0.3) is 6.29 Å². The molecule has 0 amide bonds. The van der Waals surface area contributed by atoms with Crippen molar-refractivity contribution < 1.29 is 42.9 Å². The number of carbonyl (C=O) groups is 3. The van der Waals surface area contributed by atoms with Crippen LogP contribution in [0.2, 0.25) is 0 Å². The van der Waals surface area contributed by atoms with Crippen LogP contribution in [0.15, 0.2) is 85.1 Å². The van der Waals surface area contributed by atoms with Crippen LogP contribution < -0.4 is 0 Å². The molecule has 0 bridgehead atoms. The van der Waals surface area contributed by atoms with Crippen LogP contribution in [0, 0.1) is 0 Å². The van der Waals surface area contributed by atoms with Crippen molar-refractivity contribution in [1.82, 2.24) is 0 Å². The number of carboxylic acid groups (broad SMARTS) is 1. The Bertz CT molecular complexity index is 1700. The molecule has 0 aliphatic rings. The predicted molar refractivity (Wildman–Crippen MR) is 373 cm³/mol. The second kappa shape index (κ2) is 68.4. The normalized spacial score (nSPS) is 13.2. The lowest BCUT2D eigenvalue weighted by molar-refractivity contribution is -0.870. The third-order valence-corrected chi connectivity index (χ3v) is 16.2. The Kier molecular flexibility index (Phi) is 65.6. The number of nitrogens with zero attached hydrogens (tertiary/aromatic N) is 1. The number of aliphatic carboxylic acids is 1. The van der Waals surface area contributed by atoms with Gasteiger partial charge in [0.1, 0.15) is 13.2 Å². The molecule has 0 heterocycles. The maximum absolute atomic E-state index is 13.0. The van der Waals surface area contributed by atoms with E-state index in [1.54, 1.807) is 0 Å². The zero-order chi connectivity index (χ0) is 63.3. The molecule has 0 aromatic rings. The number of ether oxygens (including phenoxy) is 4. The van der Waals surface area contributed by atoms with E-state index in [-0.39, 0.29) is 32.2 Å². The van der Waals surface area contributed by atoms with Crippen LogP contribution in [0.25, 0.3) is 0 Å². The average Bonchev–Trinajstić information content (AvgIpc) is 3.59. The third kappa shape index (κ3) is 69.8. The van der Waals surface area contributed by atoms with E-state index in [4.69, 9.17) is 18.9 Å². The van der Waals surface area contributed by atoms with Crippen LogP contribution in [0.4, 0.5) is 0 Å². The highest BCUT2D eigenvalue weighted by Crippen LogP contribution is 2.19. The van der Waals surface area contributed by atoms with Crippen molar-refractivity contribution in [3.05, 3.63) is 85.1 Å². The number of unbranched alkanes of at least 4 members (excludes halogenated alkanes) is 39. The number of carbonyl (C=O) groups excluding carboxylic acids is 2. The van der Waals surface area contributed by atoms with Gasteiger partial charge in [0.05, 0.1) is 34.4 Å². The molecule has 9 heteroatoms. The van der Waals surface area contributed by atoms with E-state index in [0.717, 1.165) is 89.9 Å². The van der Waals surface area contributed by atoms with Gasteiger partial charge in [-0.15, -0.1) is 0 Å². The largest absolute Gasteiger partial charge is 0.477 e. The van der Waals surface area contributed by atoms with Gasteiger partial charge in [-0.2, -0.15) is 0 Å². The zero-order valence-corrected chi connectivity index (χ0v) is 57.7. The molecular formula is C78H140NO8+. The maximum Gasteiger partial charge on any atom is 0.361 e. The van der Waals surface area contributed by atoms with Gasteiger partial charge in [-0.05, 0) is 70.6 Å². The van der Waals surface area contributed by atoms with Crippen LogP contribution in [0.3, 0.4) is 0 Å². The summed E-state index contributed by atoms with van der Waals surface area (Å²) in [4.78, 5) is 37.7. The van der Waals surface area contributed by atoms with Gasteiger partial charge in [-0.3, -0.25) is 9.59 Å². The lowest BCUT2D eigenvalue weighted by Gasteiger charge is -2.25. The highest BCUT2D eigenvalue weighted by molar-refractivity contribution is 5.71. The lowest BCUT2D eigenvalue weighted by Crippen LogP contribution is -2.40. The Morgan fingerprint density at radius 2 is 0.655 bits per heavy atom. The van der Waals surface area contributed by atoms with Crippen molar-refractivity contribution in [3.8, 4) is 0 Å². The summed E-state index contributed by atoms with van der Waals surface area (Å²) in [6.45, 7) is 4.81. The van der Waals surface area contributed by atoms with Crippen LogP contribution in [0.5, 0.6) is 0 Å². The Balaban J connectivity index is 4.09.